The Morgan fingerprint density at radius 3 is 2.65 bits per heavy atom. The number of carbonyl (C=O) groups is 1. The molecule has 126 valence electrons. The number of nitrogens with one attached hydrogen (secondary N) is 1. The van der Waals surface area contributed by atoms with Gasteiger partial charge in [-0.2, -0.15) is 5.26 Å². The number of fused-ring (bicyclic) bond motifs is 3. The van der Waals surface area contributed by atoms with Crippen LogP contribution >= 0.6 is 11.3 Å². The van der Waals surface area contributed by atoms with E-state index >= 15 is 0 Å². The first-order valence-corrected chi connectivity index (χ1v) is 8.76. The number of aromatic nitrogens is 1. The van der Waals surface area contributed by atoms with Gasteiger partial charge in [0.2, 0.25) is 0 Å². The summed E-state index contributed by atoms with van der Waals surface area (Å²) >= 11 is 1.38. The number of pyridine rings is 1. The lowest BCUT2D eigenvalue weighted by atomic mass is 10.1. The molecule has 0 radical (unpaired) electrons. The normalized spacial score (nSPS) is 10.8. The molecule has 4 rings (SSSR count). The van der Waals surface area contributed by atoms with E-state index in [2.05, 4.69) is 11.4 Å². The van der Waals surface area contributed by atoms with Gasteiger partial charge in [-0.1, -0.05) is 30.3 Å². The van der Waals surface area contributed by atoms with E-state index in [0.29, 0.717) is 16.0 Å². The van der Waals surface area contributed by atoms with Crippen molar-refractivity contribution in [1.29, 1.82) is 5.26 Å². The maximum atomic E-state index is 13.0. The van der Waals surface area contributed by atoms with Crippen LogP contribution in [0.5, 0.6) is 0 Å². The quantitative estimate of drug-likeness (QED) is 0.589. The van der Waals surface area contributed by atoms with E-state index in [1.807, 2.05) is 43.3 Å². The third kappa shape index (κ3) is 2.46. The van der Waals surface area contributed by atoms with Gasteiger partial charge in [-0.05, 0) is 36.8 Å². The average molecular weight is 359 g/mol. The fourth-order valence-electron chi connectivity index (χ4n) is 2.94. The Bertz CT molecular complexity index is 1280. The van der Waals surface area contributed by atoms with Crippen LogP contribution < -0.4 is 10.9 Å². The maximum absolute atomic E-state index is 13.0. The zero-order valence-electron chi connectivity index (χ0n) is 13.8. The summed E-state index contributed by atoms with van der Waals surface area (Å²) in [6, 6.07) is 18.2. The first-order valence-electron chi connectivity index (χ1n) is 7.94. The van der Waals surface area contributed by atoms with Gasteiger partial charge in [0.05, 0.1) is 15.8 Å². The van der Waals surface area contributed by atoms with Crippen molar-refractivity contribution in [2.75, 3.05) is 5.32 Å². The van der Waals surface area contributed by atoms with Gasteiger partial charge < -0.3 is 5.32 Å². The first-order chi connectivity index (χ1) is 12.6. The monoisotopic (exact) mass is 359 g/mol. The van der Waals surface area contributed by atoms with Crippen molar-refractivity contribution in [3.05, 3.63) is 81.6 Å². The second-order valence-corrected chi connectivity index (χ2v) is 6.90. The van der Waals surface area contributed by atoms with E-state index in [1.165, 1.54) is 21.8 Å². The summed E-state index contributed by atoms with van der Waals surface area (Å²) < 4.78 is 2.40. The summed E-state index contributed by atoms with van der Waals surface area (Å²) in [5.41, 5.74) is 2.12. The number of hydrogen-bond acceptors (Lipinski definition) is 4. The Hall–Kier alpha value is -3.43. The highest BCUT2D eigenvalue weighted by molar-refractivity contribution is 7.24. The van der Waals surface area contributed by atoms with Gasteiger partial charge in [0.25, 0.3) is 11.5 Å². The molecule has 0 saturated heterocycles. The number of aryl methyl sites for hydroxylation is 1. The summed E-state index contributed by atoms with van der Waals surface area (Å²) in [5.74, 6) is -0.372. The van der Waals surface area contributed by atoms with Gasteiger partial charge in [-0.15, -0.1) is 11.3 Å². The van der Waals surface area contributed by atoms with Crippen molar-refractivity contribution in [3.8, 4) is 6.07 Å². The SMILES string of the molecule is Cc1ccccc1C(=O)Nc1cc(C#N)c2sc3ccccc3n2c1=O. The fourth-order valence-corrected chi connectivity index (χ4v) is 4.05. The number of thiazole rings is 1. The highest BCUT2D eigenvalue weighted by Crippen LogP contribution is 2.28. The lowest BCUT2D eigenvalue weighted by Gasteiger charge is -2.08. The number of hydrogen-bond donors (Lipinski definition) is 1. The summed E-state index contributed by atoms with van der Waals surface area (Å²) in [6.45, 7) is 1.83. The average Bonchev–Trinajstić information content (AvgIpc) is 3.04. The second kappa shape index (κ2) is 6.14. The Labute approximate surface area is 152 Å². The maximum Gasteiger partial charge on any atom is 0.280 e. The molecule has 0 atom stereocenters. The van der Waals surface area contributed by atoms with Gasteiger partial charge in [0.1, 0.15) is 16.6 Å². The summed E-state index contributed by atoms with van der Waals surface area (Å²) in [6.07, 6.45) is 0. The number of benzene rings is 2. The smallest absolute Gasteiger partial charge is 0.280 e. The summed E-state index contributed by atoms with van der Waals surface area (Å²) in [7, 11) is 0. The van der Waals surface area contributed by atoms with Gasteiger partial charge in [0, 0.05) is 5.56 Å². The molecule has 0 fully saturated rings. The van der Waals surface area contributed by atoms with E-state index in [0.717, 1.165) is 15.8 Å². The van der Waals surface area contributed by atoms with Crippen LogP contribution in [0, 0.1) is 18.3 Å². The number of para-hydroxylation sites is 1. The van der Waals surface area contributed by atoms with E-state index < -0.39 is 0 Å². The van der Waals surface area contributed by atoms with Gasteiger partial charge in [0.15, 0.2) is 0 Å². The fraction of sp³-hybridized carbons (Fsp3) is 0.0500. The van der Waals surface area contributed by atoms with Gasteiger partial charge >= 0.3 is 0 Å². The zero-order valence-corrected chi connectivity index (χ0v) is 14.6. The van der Waals surface area contributed by atoms with Crippen LogP contribution in [-0.2, 0) is 0 Å². The van der Waals surface area contributed by atoms with Crippen molar-refractivity contribution in [2.45, 2.75) is 6.92 Å². The number of carbonyl (C=O) groups excluding carboxylic acids is 1. The van der Waals surface area contributed by atoms with Crippen LogP contribution in [0.25, 0.3) is 15.0 Å². The molecule has 0 aliphatic heterocycles. The van der Waals surface area contributed by atoms with Crippen molar-refractivity contribution < 1.29 is 4.79 Å². The Morgan fingerprint density at radius 2 is 1.88 bits per heavy atom. The molecular formula is C20H13N3O2S. The molecule has 0 unspecified atom stereocenters. The number of amides is 1. The largest absolute Gasteiger partial charge is 0.317 e. The van der Waals surface area contributed by atoms with Crippen molar-refractivity contribution >= 4 is 38.0 Å². The number of anilines is 1. The van der Waals surface area contributed by atoms with E-state index in [-0.39, 0.29) is 17.2 Å². The number of rotatable bonds is 2. The molecule has 5 nitrogen and oxygen atoms in total. The predicted molar refractivity (Wildman–Crippen MR) is 103 cm³/mol. The number of nitriles is 1. The van der Waals surface area contributed by atoms with Crippen LogP contribution in [0.15, 0.2) is 59.4 Å². The predicted octanol–water partition coefficient (Wildman–Crippen LogP) is 3.95. The molecule has 0 aliphatic rings. The minimum absolute atomic E-state index is 0.0934. The summed E-state index contributed by atoms with van der Waals surface area (Å²) in [5, 5.41) is 12.2. The molecule has 0 bridgehead atoms. The Morgan fingerprint density at radius 1 is 1.15 bits per heavy atom. The highest BCUT2D eigenvalue weighted by atomic mass is 32.1. The third-order valence-electron chi connectivity index (χ3n) is 4.23. The molecule has 1 N–H and O–H groups in total. The minimum Gasteiger partial charge on any atom is -0.317 e. The third-order valence-corrected chi connectivity index (χ3v) is 5.39. The van der Waals surface area contributed by atoms with Crippen LogP contribution in [0.4, 0.5) is 5.69 Å². The van der Waals surface area contributed by atoms with Crippen LogP contribution in [-0.4, -0.2) is 10.3 Å². The van der Waals surface area contributed by atoms with Gasteiger partial charge in [-0.25, -0.2) is 0 Å². The Balaban J connectivity index is 1.91. The molecule has 2 aromatic carbocycles. The van der Waals surface area contributed by atoms with Crippen LogP contribution in [0.1, 0.15) is 21.5 Å². The molecule has 2 aromatic heterocycles. The molecule has 2 heterocycles. The Kier molecular flexibility index (Phi) is 3.79. The lowest BCUT2D eigenvalue weighted by Crippen LogP contribution is -2.23. The second-order valence-electron chi connectivity index (χ2n) is 5.87. The molecule has 6 heteroatoms. The lowest BCUT2D eigenvalue weighted by molar-refractivity contribution is 0.102. The zero-order chi connectivity index (χ0) is 18.3. The molecule has 1 amide bonds. The van der Waals surface area contributed by atoms with Crippen LogP contribution in [0.2, 0.25) is 0 Å². The topological polar surface area (TPSA) is 74.4 Å². The standard InChI is InChI=1S/C20H13N3O2S/c1-12-6-2-3-7-14(12)18(24)22-15-10-13(11-21)20-23(19(15)25)16-8-4-5-9-17(16)26-20/h2-10H,1H3,(H,22,24). The number of nitrogens with zero attached hydrogens (tertiary/aromatic N) is 2. The van der Waals surface area contributed by atoms with E-state index in [4.69, 9.17) is 0 Å². The molecule has 0 aliphatic carbocycles. The van der Waals surface area contributed by atoms with E-state index in [9.17, 15) is 14.9 Å². The molecular weight excluding hydrogens is 346 g/mol. The van der Waals surface area contributed by atoms with E-state index in [1.54, 1.807) is 12.1 Å². The van der Waals surface area contributed by atoms with Crippen molar-refractivity contribution in [1.82, 2.24) is 4.40 Å². The van der Waals surface area contributed by atoms with Gasteiger partial charge in [-0.3, -0.25) is 14.0 Å². The van der Waals surface area contributed by atoms with Crippen LogP contribution in [0.3, 0.4) is 0 Å². The molecule has 26 heavy (non-hydrogen) atoms. The highest BCUT2D eigenvalue weighted by Gasteiger charge is 2.17. The molecule has 4 aromatic rings. The summed E-state index contributed by atoms with van der Waals surface area (Å²) in [4.78, 5) is 26.1. The molecule has 0 spiro atoms. The first kappa shape index (κ1) is 16.1. The van der Waals surface area contributed by atoms with Crippen molar-refractivity contribution in [2.24, 2.45) is 0 Å². The minimum atomic E-state index is -0.372. The molecule has 0 saturated carbocycles. The van der Waals surface area contributed by atoms with Crippen molar-refractivity contribution in [3.63, 3.8) is 0 Å².